The van der Waals surface area contributed by atoms with Crippen molar-refractivity contribution in [3.8, 4) is 6.07 Å². The Morgan fingerprint density at radius 1 is 1.59 bits per heavy atom. The van der Waals surface area contributed by atoms with Gasteiger partial charge in [-0.15, -0.1) is 0 Å². The number of carbonyl (C=O) groups excluding carboxylic acids is 1. The maximum absolute atomic E-state index is 11.2. The second-order valence-corrected chi connectivity index (χ2v) is 6.06. The maximum atomic E-state index is 11.2. The first-order chi connectivity index (χ1) is 10.5. The third kappa shape index (κ3) is 3.67. The molecule has 0 aromatic heterocycles. The van der Waals surface area contributed by atoms with E-state index >= 15 is 0 Å². The van der Waals surface area contributed by atoms with E-state index in [1.165, 1.54) is 13.2 Å². The number of nitriles is 1. The molecule has 0 aromatic rings. The fourth-order valence-corrected chi connectivity index (χ4v) is 3.22. The Balaban J connectivity index is 2.01. The minimum Gasteiger partial charge on any atom is -0.466 e. The van der Waals surface area contributed by atoms with Gasteiger partial charge in [-0.2, -0.15) is 5.26 Å². The van der Waals surface area contributed by atoms with Gasteiger partial charge in [-0.05, 0) is 32.3 Å². The number of carbonyl (C=O) groups is 1. The van der Waals surface area contributed by atoms with E-state index in [-0.39, 0.29) is 30.8 Å². The van der Waals surface area contributed by atoms with Crippen molar-refractivity contribution in [2.24, 2.45) is 5.92 Å². The molecule has 122 valence electrons. The van der Waals surface area contributed by atoms with E-state index in [4.69, 9.17) is 14.7 Å². The minimum atomic E-state index is -0.733. The monoisotopic (exact) mass is 309 g/mol. The summed E-state index contributed by atoms with van der Waals surface area (Å²) in [6.45, 7) is 1.74. The van der Waals surface area contributed by atoms with Crippen molar-refractivity contribution in [3.05, 3.63) is 12.2 Å². The molecule has 5 unspecified atom stereocenters. The molecule has 0 spiro atoms. The van der Waals surface area contributed by atoms with Crippen molar-refractivity contribution in [2.75, 3.05) is 13.7 Å². The Morgan fingerprint density at radius 2 is 2.36 bits per heavy atom. The van der Waals surface area contributed by atoms with Crippen molar-refractivity contribution in [1.29, 1.82) is 5.26 Å². The third-order valence-corrected chi connectivity index (χ3v) is 4.38. The number of aliphatic hydroxyl groups is 1. The number of ether oxygens (including phenoxy) is 3. The summed E-state index contributed by atoms with van der Waals surface area (Å²) < 4.78 is 16.6. The van der Waals surface area contributed by atoms with Gasteiger partial charge in [0.25, 0.3) is 0 Å². The van der Waals surface area contributed by atoms with E-state index in [1.807, 2.05) is 6.92 Å². The topological polar surface area (TPSA) is 88.8 Å². The highest BCUT2D eigenvalue weighted by atomic mass is 16.6. The second-order valence-electron chi connectivity index (χ2n) is 6.06. The Hall–Kier alpha value is -1.42. The highest BCUT2D eigenvalue weighted by molar-refractivity contribution is 5.81. The summed E-state index contributed by atoms with van der Waals surface area (Å²) >= 11 is 0. The lowest BCUT2D eigenvalue weighted by Gasteiger charge is -2.41. The van der Waals surface area contributed by atoms with Gasteiger partial charge in [-0.25, -0.2) is 4.79 Å². The molecule has 0 aromatic carbocycles. The average molecular weight is 309 g/mol. The van der Waals surface area contributed by atoms with E-state index in [0.29, 0.717) is 12.8 Å². The predicted molar refractivity (Wildman–Crippen MR) is 77.8 cm³/mol. The molecule has 2 heterocycles. The van der Waals surface area contributed by atoms with Gasteiger partial charge in [0, 0.05) is 18.4 Å². The lowest BCUT2D eigenvalue weighted by molar-refractivity contribution is -0.184. The van der Waals surface area contributed by atoms with E-state index in [2.05, 4.69) is 10.8 Å². The molecular formula is C16H23NO5. The molecule has 0 radical (unpaired) electrons. The quantitative estimate of drug-likeness (QED) is 0.609. The molecule has 0 saturated carbocycles. The first-order valence-electron chi connectivity index (χ1n) is 7.63. The van der Waals surface area contributed by atoms with Crippen molar-refractivity contribution in [1.82, 2.24) is 0 Å². The number of fused-ring (bicyclic) bond motifs is 1. The van der Waals surface area contributed by atoms with Gasteiger partial charge in [0.2, 0.25) is 0 Å². The van der Waals surface area contributed by atoms with Crippen molar-refractivity contribution < 1.29 is 24.1 Å². The zero-order valence-corrected chi connectivity index (χ0v) is 13.0. The number of nitrogens with zero attached hydrogens (tertiary/aromatic N) is 1. The van der Waals surface area contributed by atoms with Gasteiger partial charge < -0.3 is 19.3 Å². The molecule has 5 atom stereocenters. The zero-order valence-electron chi connectivity index (χ0n) is 13.0. The molecule has 2 saturated heterocycles. The fourth-order valence-electron chi connectivity index (χ4n) is 3.22. The molecule has 0 amide bonds. The zero-order chi connectivity index (χ0) is 16.2. The van der Waals surface area contributed by atoms with Gasteiger partial charge in [-0.3, -0.25) is 0 Å². The van der Waals surface area contributed by atoms with Crippen LogP contribution in [0, 0.1) is 17.2 Å². The third-order valence-electron chi connectivity index (χ3n) is 4.38. The summed E-state index contributed by atoms with van der Waals surface area (Å²) in [5.74, 6) is -0.507. The number of esters is 1. The largest absolute Gasteiger partial charge is 0.466 e. The summed E-state index contributed by atoms with van der Waals surface area (Å²) in [5, 5.41) is 18.7. The summed E-state index contributed by atoms with van der Waals surface area (Å²) in [5.41, 5.74) is -0.733. The van der Waals surface area contributed by atoms with Crippen LogP contribution in [0.3, 0.4) is 0 Å². The van der Waals surface area contributed by atoms with Crippen LogP contribution in [-0.2, 0) is 19.0 Å². The van der Waals surface area contributed by atoms with Crippen LogP contribution in [0.5, 0.6) is 0 Å². The van der Waals surface area contributed by atoms with Crippen LogP contribution in [0.4, 0.5) is 0 Å². The Labute approximate surface area is 130 Å². The van der Waals surface area contributed by atoms with Crippen LogP contribution >= 0.6 is 0 Å². The van der Waals surface area contributed by atoms with Crippen LogP contribution in [0.25, 0.3) is 0 Å². The molecule has 0 bridgehead atoms. The molecular weight excluding hydrogens is 286 g/mol. The van der Waals surface area contributed by atoms with Gasteiger partial charge in [0.05, 0.1) is 38.1 Å². The predicted octanol–water partition coefficient (Wildman–Crippen LogP) is 1.33. The van der Waals surface area contributed by atoms with E-state index in [1.54, 1.807) is 6.08 Å². The van der Waals surface area contributed by atoms with E-state index in [9.17, 15) is 9.90 Å². The summed E-state index contributed by atoms with van der Waals surface area (Å²) in [6, 6.07) is 2.21. The number of hydrogen-bond donors (Lipinski definition) is 1. The smallest absolute Gasteiger partial charge is 0.330 e. The second kappa shape index (κ2) is 7.23. The highest BCUT2D eigenvalue weighted by Crippen LogP contribution is 2.42. The highest BCUT2D eigenvalue weighted by Gasteiger charge is 2.52. The van der Waals surface area contributed by atoms with Crippen molar-refractivity contribution in [2.45, 2.75) is 56.5 Å². The van der Waals surface area contributed by atoms with E-state index < -0.39 is 11.6 Å². The number of hydrogen-bond acceptors (Lipinski definition) is 6. The Bertz CT molecular complexity index is 472. The first-order valence-corrected chi connectivity index (χ1v) is 7.63. The maximum Gasteiger partial charge on any atom is 0.330 e. The average Bonchev–Trinajstić information content (AvgIpc) is 2.90. The first kappa shape index (κ1) is 16.9. The van der Waals surface area contributed by atoms with Crippen LogP contribution < -0.4 is 0 Å². The summed E-state index contributed by atoms with van der Waals surface area (Å²) in [4.78, 5) is 11.2. The SMILES string of the molecule is COC(=O)/C=C/C1CC2(CO)OC(CC(C)C#N)CCC2O1. The minimum absolute atomic E-state index is 0.0370. The summed E-state index contributed by atoms with van der Waals surface area (Å²) in [6.07, 6.45) is 5.25. The molecule has 1 N–H and O–H groups in total. The van der Waals surface area contributed by atoms with Gasteiger partial charge in [0.15, 0.2) is 0 Å². The molecule has 2 aliphatic rings. The number of aliphatic hydroxyl groups excluding tert-OH is 1. The molecule has 6 heteroatoms. The lowest BCUT2D eigenvalue weighted by Crippen LogP contribution is -2.51. The molecule has 2 rings (SSSR count). The lowest BCUT2D eigenvalue weighted by atomic mass is 9.85. The fraction of sp³-hybridized carbons (Fsp3) is 0.750. The molecule has 0 aliphatic carbocycles. The van der Waals surface area contributed by atoms with Gasteiger partial charge in [-0.1, -0.05) is 0 Å². The standard InChI is InChI=1S/C16H23NO5/c1-11(9-17)7-12-3-5-14-16(10-18,22-12)8-13(21-14)4-6-15(19)20-2/h4,6,11-14,18H,3,5,7-8,10H2,1-2H3/b6-4+. The van der Waals surface area contributed by atoms with Crippen LogP contribution in [-0.4, -0.2) is 48.7 Å². The molecule has 2 aliphatic heterocycles. The van der Waals surface area contributed by atoms with Crippen molar-refractivity contribution in [3.63, 3.8) is 0 Å². The van der Waals surface area contributed by atoms with E-state index in [0.717, 1.165) is 12.8 Å². The molecule has 6 nitrogen and oxygen atoms in total. The number of rotatable bonds is 5. The molecule has 22 heavy (non-hydrogen) atoms. The molecule has 2 fully saturated rings. The van der Waals surface area contributed by atoms with Gasteiger partial charge >= 0.3 is 5.97 Å². The van der Waals surface area contributed by atoms with Crippen LogP contribution in [0.1, 0.15) is 32.6 Å². The normalized spacial score (nSPS) is 35.8. The van der Waals surface area contributed by atoms with Crippen LogP contribution in [0.15, 0.2) is 12.2 Å². The Morgan fingerprint density at radius 3 is 3.00 bits per heavy atom. The number of methoxy groups -OCH3 is 1. The van der Waals surface area contributed by atoms with Gasteiger partial charge in [0.1, 0.15) is 5.60 Å². The Kier molecular flexibility index (Phi) is 5.57. The summed E-state index contributed by atoms with van der Waals surface area (Å²) in [7, 11) is 1.32. The van der Waals surface area contributed by atoms with Crippen molar-refractivity contribution >= 4 is 5.97 Å². The van der Waals surface area contributed by atoms with Crippen LogP contribution in [0.2, 0.25) is 0 Å².